The van der Waals surface area contributed by atoms with Crippen LogP contribution in [0.3, 0.4) is 0 Å². The molecule has 4 nitrogen and oxygen atoms in total. The molecule has 0 saturated carbocycles. The molecule has 0 bridgehead atoms. The van der Waals surface area contributed by atoms with E-state index in [-0.39, 0.29) is 17.9 Å². The zero-order valence-electron chi connectivity index (χ0n) is 9.50. The highest BCUT2D eigenvalue weighted by Gasteiger charge is 2.22. The lowest BCUT2D eigenvalue weighted by atomic mass is 9.98. The molecule has 1 amide bonds. The van der Waals surface area contributed by atoms with E-state index in [0.29, 0.717) is 19.8 Å². The molecule has 1 fully saturated rings. The fourth-order valence-corrected chi connectivity index (χ4v) is 1.88. The van der Waals surface area contributed by atoms with Gasteiger partial charge in [0.15, 0.2) is 0 Å². The third kappa shape index (κ3) is 4.18. The van der Waals surface area contributed by atoms with Crippen LogP contribution >= 0.6 is 0 Å². The number of nitrogens with one attached hydrogen (secondary N) is 1. The Bertz CT molecular complexity index is 191. The summed E-state index contributed by atoms with van der Waals surface area (Å²) in [5.74, 6) is 0.284. The molecule has 1 rings (SSSR count). The minimum absolute atomic E-state index is 0.129. The van der Waals surface area contributed by atoms with Gasteiger partial charge >= 0.3 is 0 Å². The highest BCUT2D eigenvalue weighted by molar-refractivity contribution is 5.79. The first-order chi connectivity index (χ1) is 7.27. The largest absolute Gasteiger partial charge is 0.381 e. The standard InChI is InChI=1S/C11H22N2O2/c1-2-3-10(8-12)13-11(14)9-4-6-15-7-5-9/h9-10H,2-8,12H2,1H3,(H,13,14). The van der Waals surface area contributed by atoms with Crippen LogP contribution in [-0.2, 0) is 9.53 Å². The summed E-state index contributed by atoms with van der Waals surface area (Å²) in [5.41, 5.74) is 5.60. The molecule has 15 heavy (non-hydrogen) atoms. The van der Waals surface area contributed by atoms with Crippen LogP contribution in [0.25, 0.3) is 0 Å². The Morgan fingerprint density at radius 1 is 1.53 bits per heavy atom. The average molecular weight is 214 g/mol. The van der Waals surface area contributed by atoms with Gasteiger partial charge in [0.2, 0.25) is 5.91 Å². The number of nitrogens with two attached hydrogens (primary N) is 1. The summed E-state index contributed by atoms with van der Waals surface area (Å²) in [6.45, 7) is 4.05. The average Bonchev–Trinajstić information content (AvgIpc) is 2.29. The highest BCUT2D eigenvalue weighted by Crippen LogP contribution is 2.14. The molecular weight excluding hydrogens is 192 g/mol. The number of hydrogen-bond acceptors (Lipinski definition) is 3. The van der Waals surface area contributed by atoms with Crippen LogP contribution in [0.15, 0.2) is 0 Å². The number of ether oxygens (including phenoxy) is 1. The van der Waals surface area contributed by atoms with Crippen molar-refractivity contribution < 1.29 is 9.53 Å². The smallest absolute Gasteiger partial charge is 0.223 e. The van der Waals surface area contributed by atoms with Gasteiger partial charge in [0.1, 0.15) is 0 Å². The molecule has 0 aliphatic carbocycles. The second-order valence-electron chi connectivity index (χ2n) is 4.12. The summed E-state index contributed by atoms with van der Waals surface area (Å²) in [4.78, 5) is 11.8. The van der Waals surface area contributed by atoms with E-state index < -0.39 is 0 Å². The molecule has 4 heteroatoms. The quantitative estimate of drug-likeness (QED) is 0.706. The van der Waals surface area contributed by atoms with Gasteiger partial charge in [0.05, 0.1) is 0 Å². The van der Waals surface area contributed by atoms with Gasteiger partial charge in [0, 0.05) is 31.7 Å². The fourth-order valence-electron chi connectivity index (χ4n) is 1.88. The summed E-state index contributed by atoms with van der Waals surface area (Å²) < 4.78 is 5.22. The zero-order chi connectivity index (χ0) is 11.1. The van der Waals surface area contributed by atoms with Crippen molar-refractivity contribution in [2.75, 3.05) is 19.8 Å². The summed E-state index contributed by atoms with van der Waals surface area (Å²) in [7, 11) is 0. The van der Waals surface area contributed by atoms with Gasteiger partial charge in [-0.25, -0.2) is 0 Å². The summed E-state index contributed by atoms with van der Waals surface area (Å²) in [6.07, 6.45) is 3.70. The first-order valence-electron chi connectivity index (χ1n) is 5.86. The molecule has 0 aromatic rings. The topological polar surface area (TPSA) is 64.3 Å². The lowest BCUT2D eigenvalue weighted by molar-refractivity contribution is -0.128. The molecule has 1 saturated heterocycles. The third-order valence-corrected chi connectivity index (χ3v) is 2.86. The Labute approximate surface area is 91.5 Å². The lowest BCUT2D eigenvalue weighted by Gasteiger charge is -2.24. The molecule has 1 unspecified atom stereocenters. The van der Waals surface area contributed by atoms with Crippen molar-refractivity contribution in [2.24, 2.45) is 11.7 Å². The van der Waals surface area contributed by atoms with Gasteiger partial charge in [-0.05, 0) is 19.3 Å². The van der Waals surface area contributed by atoms with Crippen LogP contribution in [0.2, 0.25) is 0 Å². The van der Waals surface area contributed by atoms with E-state index in [1.807, 2.05) is 0 Å². The molecular formula is C11H22N2O2. The maximum Gasteiger partial charge on any atom is 0.223 e. The van der Waals surface area contributed by atoms with E-state index in [0.717, 1.165) is 25.7 Å². The van der Waals surface area contributed by atoms with E-state index in [9.17, 15) is 4.79 Å². The van der Waals surface area contributed by atoms with Crippen molar-refractivity contribution >= 4 is 5.91 Å². The summed E-state index contributed by atoms with van der Waals surface area (Å²) in [6, 6.07) is 0.144. The molecule has 0 radical (unpaired) electrons. The molecule has 3 N–H and O–H groups in total. The normalized spacial score (nSPS) is 19.9. The number of rotatable bonds is 5. The van der Waals surface area contributed by atoms with E-state index in [1.165, 1.54) is 0 Å². The van der Waals surface area contributed by atoms with Crippen LogP contribution in [0.1, 0.15) is 32.6 Å². The lowest BCUT2D eigenvalue weighted by Crippen LogP contribution is -2.44. The second-order valence-corrected chi connectivity index (χ2v) is 4.12. The number of hydrogen-bond donors (Lipinski definition) is 2. The van der Waals surface area contributed by atoms with Crippen molar-refractivity contribution in [3.8, 4) is 0 Å². The summed E-state index contributed by atoms with van der Waals surface area (Å²) in [5, 5.41) is 3.02. The van der Waals surface area contributed by atoms with Gasteiger partial charge in [-0.2, -0.15) is 0 Å². The van der Waals surface area contributed by atoms with E-state index in [1.54, 1.807) is 0 Å². The SMILES string of the molecule is CCCC(CN)NC(=O)C1CCOCC1. The molecule has 1 heterocycles. The van der Waals surface area contributed by atoms with Gasteiger partial charge in [-0.1, -0.05) is 13.3 Å². The van der Waals surface area contributed by atoms with E-state index >= 15 is 0 Å². The fraction of sp³-hybridized carbons (Fsp3) is 0.909. The van der Waals surface area contributed by atoms with E-state index in [4.69, 9.17) is 10.5 Å². The Kier molecular flexibility index (Phi) is 5.65. The third-order valence-electron chi connectivity index (χ3n) is 2.86. The Hall–Kier alpha value is -0.610. The minimum Gasteiger partial charge on any atom is -0.381 e. The monoisotopic (exact) mass is 214 g/mol. The number of amides is 1. The molecule has 0 aromatic heterocycles. The van der Waals surface area contributed by atoms with Crippen LogP contribution in [-0.4, -0.2) is 31.7 Å². The molecule has 0 aromatic carbocycles. The Morgan fingerprint density at radius 2 is 2.20 bits per heavy atom. The van der Waals surface area contributed by atoms with Crippen molar-refractivity contribution in [1.29, 1.82) is 0 Å². The molecule has 1 atom stereocenters. The highest BCUT2D eigenvalue weighted by atomic mass is 16.5. The molecule has 1 aliphatic rings. The van der Waals surface area contributed by atoms with E-state index in [2.05, 4.69) is 12.2 Å². The summed E-state index contributed by atoms with van der Waals surface area (Å²) >= 11 is 0. The first-order valence-corrected chi connectivity index (χ1v) is 5.86. The molecule has 1 aliphatic heterocycles. The van der Waals surface area contributed by atoms with Crippen molar-refractivity contribution in [3.63, 3.8) is 0 Å². The van der Waals surface area contributed by atoms with Crippen LogP contribution < -0.4 is 11.1 Å². The maximum atomic E-state index is 11.8. The predicted molar refractivity (Wildman–Crippen MR) is 59.4 cm³/mol. The van der Waals surface area contributed by atoms with Gasteiger partial charge in [-0.15, -0.1) is 0 Å². The van der Waals surface area contributed by atoms with Gasteiger partial charge < -0.3 is 15.8 Å². The first kappa shape index (κ1) is 12.5. The number of carbonyl (C=O) groups excluding carboxylic acids is 1. The minimum atomic E-state index is 0.129. The van der Waals surface area contributed by atoms with Crippen LogP contribution in [0.4, 0.5) is 0 Å². The predicted octanol–water partition coefficient (Wildman–Crippen LogP) is 0.657. The Balaban J connectivity index is 2.31. The van der Waals surface area contributed by atoms with Gasteiger partial charge in [0.25, 0.3) is 0 Å². The van der Waals surface area contributed by atoms with Crippen molar-refractivity contribution in [1.82, 2.24) is 5.32 Å². The number of carbonyl (C=O) groups is 1. The van der Waals surface area contributed by atoms with Gasteiger partial charge in [-0.3, -0.25) is 4.79 Å². The van der Waals surface area contributed by atoms with Crippen LogP contribution in [0, 0.1) is 5.92 Å². The van der Waals surface area contributed by atoms with Crippen molar-refractivity contribution in [2.45, 2.75) is 38.6 Å². The molecule has 0 spiro atoms. The maximum absolute atomic E-state index is 11.8. The second kappa shape index (κ2) is 6.80. The Morgan fingerprint density at radius 3 is 2.73 bits per heavy atom. The van der Waals surface area contributed by atoms with Crippen molar-refractivity contribution in [3.05, 3.63) is 0 Å². The van der Waals surface area contributed by atoms with Crippen LogP contribution in [0.5, 0.6) is 0 Å². The molecule has 88 valence electrons. The zero-order valence-corrected chi connectivity index (χ0v) is 9.50.